The SMILES string of the molecule is Cc1cc2ncc3c(n2n1)C[C@@H]1CC[C@@H]3N1C(=O)[C@@H]1CCCO1. The molecule has 2 aromatic rings. The van der Waals surface area contributed by atoms with Crippen LogP contribution in [0, 0.1) is 6.92 Å². The van der Waals surface area contributed by atoms with Gasteiger partial charge in [-0.15, -0.1) is 0 Å². The van der Waals surface area contributed by atoms with Crippen molar-refractivity contribution in [3.05, 3.63) is 29.2 Å². The summed E-state index contributed by atoms with van der Waals surface area (Å²) in [5.74, 6) is 0.178. The molecule has 0 aromatic carbocycles. The molecule has 2 fully saturated rings. The van der Waals surface area contributed by atoms with Crippen LogP contribution in [0.25, 0.3) is 5.65 Å². The summed E-state index contributed by atoms with van der Waals surface area (Å²) in [4.78, 5) is 19.5. The summed E-state index contributed by atoms with van der Waals surface area (Å²) in [7, 11) is 0. The summed E-state index contributed by atoms with van der Waals surface area (Å²) in [6, 6.07) is 2.42. The van der Waals surface area contributed by atoms with Gasteiger partial charge in [0, 0.05) is 36.9 Å². The molecule has 3 aliphatic rings. The molecule has 120 valence electrons. The minimum absolute atomic E-state index is 0.141. The van der Waals surface area contributed by atoms with Crippen molar-refractivity contribution in [3.8, 4) is 0 Å². The first-order valence-corrected chi connectivity index (χ1v) is 8.50. The molecular weight excluding hydrogens is 292 g/mol. The number of hydrogen-bond acceptors (Lipinski definition) is 4. The van der Waals surface area contributed by atoms with Gasteiger partial charge in [-0.05, 0) is 32.6 Å². The van der Waals surface area contributed by atoms with Crippen molar-refractivity contribution in [2.24, 2.45) is 0 Å². The summed E-state index contributed by atoms with van der Waals surface area (Å²) in [6.07, 6.45) is 6.51. The summed E-state index contributed by atoms with van der Waals surface area (Å²) in [5, 5.41) is 4.60. The van der Waals surface area contributed by atoms with Gasteiger partial charge >= 0.3 is 0 Å². The lowest BCUT2D eigenvalue weighted by molar-refractivity contribution is -0.144. The minimum Gasteiger partial charge on any atom is -0.368 e. The average molecular weight is 312 g/mol. The van der Waals surface area contributed by atoms with Gasteiger partial charge in [-0.3, -0.25) is 4.79 Å². The first-order valence-electron chi connectivity index (χ1n) is 8.50. The van der Waals surface area contributed by atoms with E-state index in [4.69, 9.17) is 4.74 Å². The van der Waals surface area contributed by atoms with Crippen LogP contribution >= 0.6 is 0 Å². The predicted molar refractivity (Wildman–Crippen MR) is 83.0 cm³/mol. The Morgan fingerprint density at radius 3 is 3.09 bits per heavy atom. The van der Waals surface area contributed by atoms with E-state index in [9.17, 15) is 4.79 Å². The fourth-order valence-electron chi connectivity index (χ4n) is 4.48. The van der Waals surface area contributed by atoms with Crippen molar-refractivity contribution in [1.82, 2.24) is 19.5 Å². The number of carbonyl (C=O) groups is 1. The van der Waals surface area contributed by atoms with E-state index < -0.39 is 0 Å². The minimum atomic E-state index is -0.233. The number of hydrogen-bond donors (Lipinski definition) is 0. The fourth-order valence-corrected chi connectivity index (χ4v) is 4.48. The van der Waals surface area contributed by atoms with E-state index in [1.54, 1.807) is 0 Å². The smallest absolute Gasteiger partial charge is 0.252 e. The van der Waals surface area contributed by atoms with Gasteiger partial charge in [-0.2, -0.15) is 5.10 Å². The lowest BCUT2D eigenvalue weighted by Crippen LogP contribution is -2.47. The summed E-state index contributed by atoms with van der Waals surface area (Å²) >= 11 is 0. The Morgan fingerprint density at radius 2 is 2.26 bits per heavy atom. The topological polar surface area (TPSA) is 59.7 Å². The van der Waals surface area contributed by atoms with Crippen LogP contribution in [0.5, 0.6) is 0 Å². The van der Waals surface area contributed by atoms with Crippen LogP contribution in [0.1, 0.15) is 48.7 Å². The van der Waals surface area contributed by atoms with Crippen LogP contribution in [0.2, 0.25) is 0 Å². The Hall–Kier alpha value is -1.95. The third-order valence-corrected chi connectivity index (χ3v) is 5.49. The lowest BCUT2D eigenvalue weighted by Gasteiger charge is -2.37. The largest absolute Gasteiger partial charge is 0.368 e. The van der Waals surface area contributed by atoms with E-state index in [2.05, 4.69) is 15.0 Å². The normalized spacial score (nSPS) is 29.3. The summed E-state index contributed by atoms with van der Waals surface area (Å²) in [6.45, 7) is 2.71. The quantitative estimate of drug-likeness (QED) is 0.806. The third kappa shape index (κ3) is 1.87. The molecule has 3 aliphatic heterocycles. The van der Waals surface area contributed by atoms with Gasteiger partial charge in [0.1, 0.15) is 6.10 Å². The highest BCUT2D eigenvalue weighted by atomic mass is 16.5. The Morgan fingerprint density at radius 1 is 1.35 bits per heavy atom. The molecule has 0 aliphatic carbocycles. The molecule has 0 unspecified atom stereocenters. The molecule has 0 spiro atoms. The van der Waals surface area contributed by atoms with E-state index in [1.807, 2.05) is 23.7 Å². The van der Waals surface area contributed by atoms with Gasteiger partial charge in [0.25, 0.3) is 5.91 Å². The number of carbonyl (C=O) groups excluding carboxylic acids is 1. The van der Waals surface area contributed by atoms with Gasteiger partial charge in [0.2, 0.25) is 0 Å². The van der Waals surface area contributed by atoms with Gasteiger partial charge in [-0.1, -0.05) is 0 Å². The number of ether oxygens (including phenoxy) is 1. The average Bonchev–Trinajstić information content (AvgIpc) is 3.25. The maximum atomic E-state index is 12.9. The predicted octanol–water partition coefficient (Wildman–Crippen LogP) is 1.80. The number of rotatable bonds is 1. The first-order chi connectivity index (χ1) is 11.2. The first kappa shape index (κ1) is 13.5. The third-order valence-electron chi connectivity index (χ3n) is 5.49. The number of amides is 1. The van der Waals surface area contributed by atoms with E-state index in [1.165, 1.54) is 11.3 Å². The molecule has 1 amide bonds. The van der Waals surface area contributed by atoms with E-state index in [0.717, 1.165) is 43.4 Å². The van der Waals surface area contributed by atoms with Crippen LogP contribution in [0.3, 0.4) is 0 Å². The zero-order valence-corrected chi connectivity index (χ0v) is 13.2. The van der Waals surface area contributed by atoms with Crippen LogP contribution in [-0.4, -0.2) is 44.2 Å². The molecular formula is C17H20N4O2. The van der Waals surface area contributed by atoms with Crippen molar-refractivity contribution in [3.63, 3.8) is 0 Å². The van der Waals surface area contributed by atoms with E-state index >= 15 is 0 Å². The molecule has 5 rings (SSSR count). The molecule has 2 bridgehead atoms. The van der Waals surface area contributed by atoms with E-state index in [0.29, 0.717) is 6.61 Å². The molecule has 3 atom stereocenters. The van der Waals surface area contributed by atoms with Crippen molar-refractivity contribution < 1.29 is 9.53 Å². The molecule has 23 heavy (non-hydrogen) atoms. The van der Waals surface area contributed by atoms with Gasteiger partial charge in [-0.25, -0.2) is 9.50 Å². The fraction of sp³-hybridized carbons (Fsp3) is 0.588. The number of nitrogens with zero attached hydrogens (tertiary/aromatic N) is 4. The highest BCUT2D eigenvalue weighted by Crippen LogP contribution is 2.44. The second kappa shape index (κ2) is 4.77. The Bertz CT molecular complexity index is 793. The molecule has 0 saturated carbocycles. The molecule has 2 aromatic heterocycles. The van der Waals surface area contributed by atoms with Gasteiger partial charge in [0.05, 0.1) is 17.4 Å². The zero-order valence-electron chi connectivity index (χ0n) is 13.2. The highest BCUT2D eigenvalue weighted by Gasteiger charge is 2.46. The molecule has 0 radical (unpaired) electrons. The maximum Gasteiger partial charge on any atom is 0.252 e. The Balaban J connectivity index is 1.57. The standard InChI is InChI=1S/C17H20N4O2/c1-10-7-16-18-9-12-13-5-4-11(8-14(12)21(16)19-10)20(13)17(22)15-3-2-6-23-15/h7,9,11,13,15H,2-6,8H2,1H3/t11-,13-,15-/m0/s1. The molecule has 5 heterocycles. The lowest BCUT2D eigenvalue weighted by atomic mass is 9.98. The number of aromatic nitrogens is 3. The van der Waals surface area contributed by atoms with Crippen LogP contribution < -0.4 is 0 Å². The number of aryl methyl sites for hydroxylation is 1. The maximum absolute atomic E-state index is 12.9. The Labute approximate surface area is 134 Å². The van der Waals surface area contributed by atoms with Crippen molar-refractivity contribution in [1.29, 1.82) is 0 Å². The molecule has 6 nitrogen and oxygen atoms in total. The van der Waals surface area contributed by atoms with Gasteiger partial charge in [0.15, 0.2) is 5.65 Å². The van der Waals surface area contributed by atoms with Crippen molar-refractivity contribution >= 4 is 11.6 Å². The van der Waals surface area contributed by atoms with Crippen LogP contribution in [0.15, 0.2) is 12.3 Å². The van der Waals surface area contributed by atoms with Crippen LogP contribution in [0.4, 0.5) is 0 Å². The second-order valence-electron chi connectivity index (χ2n) is 6.91. The van der Waals surface area contributed by atoms with Gasteiger partial charge < -0.3 is 9.64 Å². The zero-order chi connectivity index (χ0) is 15.6. The van der Waals surface area contributed by atoms with Crippen molar-refractivity contribution in [2.45, 2.75) is 57.2 Å². The van der Waals surface area contributed by atoms with Crippen molar-refractivity contribution in [2.75, 3.05) is 6.61 Å². The molecule has 2 saturated heterocycles. The monoisotopic (exact) mass is 312 g/mol. The number of fused-ring (bicyclic) bond motifs is 6. The highest BCUT2D eigenvalue weighted by molar-refractivity contribution is 5.82. The van der Waals surface area contributed by atoms with E-state index in [-0.39, 0.29) is 24.1 Å². The molecule has 6 heteroatoms. The van der Waals surface area contributed by atoms with Crippen LogP contribution in [-0.2, 0) is 16.0 Å². The summed E-state index contributed by atoms with van der Waals surface area (Å²) < 4.78 is 7.61. The summed E-state index contributed by atoms with van der Waals surface area (Å²) in [5.41, 5.74) is 4.28. The molecule has 0 N–H and O–H groups in total. The Kier molecular flexibility index (Phi) is 2.80. The second-order valence-corrected chi connectivity index (χ2v) is 6.91.